The Hall–Kier alpha value is -7.22. The zero-order chi connectivity index (χ0) is 36.6. The van der Waals surface area contributed by atoms with Crippen LogP contribution in [0.15, 0.2) is 224 Å². The Balaban J connectivity index is 1.09. The molecule has 0 bridgehead atoms. The van der Waals surface area contributed by atoms with E-state index in [1.807, 2.05) is 0 Å². The van der Waals surface area contributed by atoms with Crippen LogP contribution in [0, 0.1) is 0 Å². The Morgan fingerprint density at radius 2 is 0.727 bits per heavy atom. The van der Waals surface area contributed by atoms with Crippen LogP contribution in [0.3, 0.4) is 0 Å². The molecular formula is C54H37N. The van der Waals surface area contributed by atoms with Crippen LogP contribution in [0.25, 0.3) is 76.8 Å². The van der Waals surface area contributed by atoms with Crippen LogP contribution >= 0.6 is 0 Å². The molecule has 0 radical (unpaired) electrons. The minimum atomic E-state index is 1.10. The second-order valence-corrected chi connectivity index (χ2v) is 14.1. The van der Waals surface area contributed by atoms with E-state index in [0.717, 1.165) is 17.1 Å². The summed E-state index contributed by atoms with van der Waals surface area (Å²) in [6.07, 6.45) is 0. The Labute approximate surface area is 322 Å². The van der Waals surface area contributed by atoms with Gasteiger partial charge in [0.2, 0.25) is 0 Å². The summed E-state index contributed by atoms with van der Waals surface area (Å²) < 4.78 is 0. The highest BCUT2D eigenvalue weighted by Crippen LogP contribution is 2.42. The number of para-hydroxylation sites is 1. The molecule has 0 unspecified atom stereocenters. The first-order valence-electron chi connectivity index (χ1n) is 18.9. The first-order valence-corrected chi connectivity index (χ1v) is 18.9. The van der Waals surface area contributed by atoms with Gasteiger partial charge in [-0.3, -0.25) is 0 Å². The Morgan fingerprint density at radius 1 is 0.218 bits per heavy atom. The minimum absolute atomic E-state index is 1.10. The lowest BCUT2D eigenvalue weighted by atomic mass is 9.90. The van der Waals surface area contributed by atoms with Gasteiger partial charge >= 0.3 is 0 Å². The monoisotopic (exact) mass is 699 g/mol. The van der Waals surface area contributed by atoms with Gasteiger partial charge in [-0.25, -0.2) is 0 Å². The van der Waals surface area contributed by atoms with Gasteiger partial charge in [-0.05, 0) is 125 Å². The van der Waals surface area contributed by atoms with Crippen LogP contribution in [0.4, 0.5) is 17.1 Å². The third-order valence-corrected chi connectivity index (χ3v) is 10.8. The fourth-order valence-corrected chi connectivity index (χ4v) is 8.10. The van der Waals surface area contributed by atoms with Crippen LogP contribution < -0.4 is 4.90 Å². The lowest BCUT2D eigenvalue weighted by molar-refractivity contribution is 1.28. The molecule has 1 nitrogen and oxygen atoms in total. The highest BCUT2D eigenvalue weighted by Gasteiger charge is 2.17. The first-order chi connectivity index (χ1) is 27.3. The molecule has 0 spiro atoms. The largest absolute Gasteiger partial charge is 0.310 e. The average Bonchev–Trinajstić information content (AvgIpc) is 3.27. The Morgan fingerprint density at radius 3 is 1.45 bits per heavy atom. The molecular weight excluding hydrogens is 663 g/mol. The standard InChI is InChI=1S/C54H37N/c1-4-13-38(14-5-1)43-18-12-19-44(35-43)39-25-29-47(30-26-39)55(46-20-8-3-9-21-46)48-31-34-50(54(37-48)40-15-6-2-7-16-40)45-24-23-42-28-32-51-49-22-11-10-17-41(49)27-33-52(51)53(42)36-45/h1-37H. The molecule has 0 aliphatic carbocycles. The maximum atomic E-state index is 2.38. The third-order valence-electron chi connectivity index (χ3n) is 10.8. The summed E-state index contributed by atoms with van der Waals surface area (Å²) in [6, 6.07) is 81.4. The van der Waals surface area contributed by atoms with Gasteiger partial charge in [0, 0.05) is 17.1 Å². The van der Waals surface area contributed by atoms with Crippen molar-refractivity contribution >= 4 is 49.4 Å². The normalized spacial score (nSPS) is 11.3. The highest BCUT2D eigenvalue weighted by molar-refractivity contribution is 6.18. The maximum Gasteiger partial charge on any atom is 0.0468 e. The van der Waals surface area contributed by atoms with Crippen molar-refractivity contribution in [3.8, 4) is 44.5 Å². The van der Waals surface area contributed by atoms with Crippen LogP contribution in [-0.2, 0) is 0 Å². The smallest absolute Gasteiger partial charge is 0.0468 e. The van der Waals surface area contributed by atoms with Gasteiger partial charge in [0.05, 0.1) is 0 Å². The van der Waals surface area contributed by atoms with Crippen LogP contribution in [0.2, 0.25) is 0 Å². The summed E-state index contributed by atoms with van der Waals surface area (Å²) in [5, 5.41) is 7.63. The van der Waals surface area contributed by atoms with Gasteiger partial charge in [0.1, 0.15) is 0 Å². The number of rotatable bonds is 7. The summed E-state index contributed by atoms with van der Waals surface area (Å²) >= 11 is 0. The summed E-state index contributed by atoms with van der Waals surface area (Å²) in [6.45, 7) is 0. The van der Waals surface area contributed by atoms with Gasteiger partial charge in [0.25, 0.3) is 0 Å². The Kier molecular flexibility index (Phi) is 8.24. The van der Waals surface area contributed by atoms with Crippen molar-refractivity contribution in [2.45, 2.75) is 0 Å². The molecule has 1 heteroatoms. The van der Waals surface area contributed by atoms with Crippen molar-refractivity contribution < 1.29 is 0 Å². The zero-order valence-corrected chi connectivity index (χ0v) is 30.3. The van der Waals surface area contributed by atoms with E-state index in [-0.39, 0.29) is 0 Å². The number of hydrogen-bond acceptors (Lipinski definition) is 1. The van der Waals surface area contributed by atoms with Crippen molar-refractivity contribution in [1.82, 2.24) is 0 Å². The number of nitrogens with zero attached hydrogens (tertiary/aromatic N) is 1. The summed E-state index contributed by atoms with van der Waals surface area (Å²) in [5.74, 6) is 0. The second kappa shape index (κ2) is 14.0. The molecule has 10 rings (SSSR count). The van der Waals surface area contributed by atoms with Gasteiger partial charge in [-0.2, -0.15) is 0 Å². The minimum Gasteiger partial charge on any atom is -0.310 e. The van der Waals surface area contributed by atoms with E-state index in [1.165, 1.54) is 76.8 Å². The fraction of sp³-hybridized carbons (Fsp3) is 0. The van der Waals surface area contributed by atoms with E-state index in [2.05, 4.69) is 229 Å². The van der Waals surface area contributed by atoms with Crippen LogP contribution in [0.5, 0.6) is 0 Å². The van der Waals surface area contributed by atoms with Gasteiger partial charge in [0.15, 0.2) is 0 Å². The maximum absolute atomic E-state index is 2.38. The molecule has 0 heterocycles. The molecule has 10 aromatic carbocycles. The molecule has 0 saturated heterocycles. The lowest BCUT2D eigenvalue weighted by Crippen LogP contribution is -2.10. The molecule has 0 fully saturated rings. The van der Waals surface area contributed by atoms with E-state index < -0.39 is 0 Å². The van der Waals surface area contributed by atoms with Gasteiger partial charge in [-0.1, -0.05) is 176 Å². The van der Waals surface area contributed by atoms with Gasteiger partial charge < -0.3 is 4.90 Å². The number of fused-ring (bicyclic) bond motifs is 5. The van der Waals surface area contributed by atoms with E-state index in [1.54, 1.807) is 0 Å². The molecule has 10 aromatic rings. The number of anilines is 3. The van der Waals surface area contributed by atoms with E-state index in [4.69, 9.17) is 0 Å². The third kappa shape index (κ3) is 6.12. The van der Waals surface area contributed by atoms with E-state index in [0.29, 0.717) is 0 Å². The molecule has 55 heavy (non-hydrogen) atoms. The predicted octanol–water partition coefficient (Wildman–Crippen LogP) is 15.3. The molecule has 0 aromatic heterocycles. The topological polar surface area (TPSA) is 3.24 Å². The number of benzene rings is 10. The molecule has 0 amide bonds. The predicted molar refractivity (Wildman–Crippen MR) is 235 cm³/mol. The molecule has 0 saturated carbocycles. The van der Waals surface area contributed by atoms with Crippen LogP contribution in [-0.4, -0.2) is 0 Å². The summed E-state index contributed by atoms with van der Waals surface area (Å²) in [5.41, 5.74) is 12.9. The van der Waals surface area contributed by atoms with Gasteiger partial charge in [-0.15, -0.1) is 0 Å². The molecule has 0 aliphatic heterocycles. The molecule has 0 aliphatic rings. The summed E-state index contributed by atoms with van der Waals surface area (Å²) in [4.78, 5) is 2.36. The molecule has 0 atom stereocenters. The van der Waals surface area contributed by atoms with Crippen molar-refractivity contribution in [3.63, 3.8) is 0 Å². The Bertz CT molecular complexity index is 2950. The lowest BCUT2D eigenvalue weighted by Gasteiger charge is -2.27. The zero-order valence-electron chi connectivity index (χ0n) is 30.3. The van der Waals surface area contributed by atoms with Crippen molar-refractivity contribution in [2.24, 2.45) is 0 Å². The van der Waals surface area contributed by atoms with Crippen molar-refractivity contribution in [1.29, 1.82) is 0 Å². The quantitative estimate of drug-likeness (QED) is 0.150. The van der Waals surface area contributed by atoms with Crippen molar-refractivity contribution in [2.75, 3.05) is 4.90 Å². The average molecular weight is 700 g/mol. The number of hydrogen-bond donors (Lipinski definition) is 0. The summed E-state index contributed by atoms with van der Waals surface area (Å²) in [7, 11) is 0. The first kappa shape index (κ1) is 32.4. The van der Waals surface area contributed by atoms with Crippen molar-refractivity contribution in [3.05, 3.63) is 224 Å². The highest BCUT2D eigenvalue weighted by atomic mass is 15.1. The molecule has 258 valence electrons. The van der Waals surface area contributed by atoms with E-state index in [9.17, 15) is 0 Å². The SMILES string of the molecule is c1ccc(-c2cccc(-c3ccc(N(c4ccccc4)c4ccc(-c5ccc6ccc7c8ccccc8ccc7c6c5)c(-c5ccccc5)c4)cc3)c2)cc1. The molecule has 0 N–H and O–H groups in total. The van der Waals surface area contributed by atoms with E-state index >= 15 is 0 Å². The fourth-order valence-electron chi connectivity index (χ4n) is 8.10. The second-order valence-electron chi connectivity index (χ2n) is 14.1. The van der Waals surface area contributed by atoms with Crippen LogP contribution in [0.1, 0.15) is 0 Å².